The van der Waals surface area contributed by atoms with E-state index in [9.17, 15) is 5.11 Å². The molecule has 1 N–H and O–H groups in total. The van der Waals surface area contributed by atoms with Gasteiger partial charge in [0.05, 0.1) is 17.7 Å². The standard InChI is InChI=1S/C11H12N2O2S/c1-7-11(16-13-12-7)10(14)8-3-5-9(15-2)6-4-8/h3-6,10,14H,1-2H3. The molecule has 0 bridgehead atoms. The molecule has 0 fully saturated rings. The molecule has 1 heterocycles. The molecule has 1 aromatic carbocycles. The van der Waals surface area contributed by atoms with Crippen LogP contribution in [0.1, 0.15) is 22.2 Å². The van der Waals surface area contributed by atoms with Gasteiger partial charge < -0.3 is 9.84 Å². The number of aliphatic hydroxyl groups is 1. The van der Waals surface area contributed by atoms with Crippen LogP contribution < -0.4 is 4.74 Å². The highest BCUT2D eigenvalue weighted by Crippen LogP contribution is 2.27. The smallest absolute Gasteiger partial charge is 0.118 e. The van der Waals surface area contributed by atoms with Crippen molar-refractivity contribution >= 4 is 11.5 Å². The minimum Gasteiger partial charge on any atom is -0.497 e. The van der Waals surface area contributed by atoms with Crippen molar-refractivity contribution in [2.75, 3.05) is 7.11 Å². The quantitative estimate of drug-likeness (QED) is 0.884. The Labute approximate surface area is 97.7 Å². The summed E-state index contributed by atoms with van der Waals surface area (Å²) >= 11 is 1.22. The monoisotopic (exact) mass is 236 g/mol. The molecule has 0 saturated heterocycles. The van der Waals surface area contributed by atoms with E-state index in [2.05, 4.69) is 9.59 Å². The molecule has 0 spiro atoms. The molecule has 0 saturated carbocycles. The molecule has 4 nitrogen and oxygen atoms in total. The third-order valence-corrected chi connectivity index (χ3v) is 3.25. The second-order valence-corrected chi connectivity index (χ2v) is 4.18. The van der Waals surface area contributed by atoms with Crippen molar-refractivity contribution in [2.24, 2.45) is 0 Å². The van der Waals surface area contributed by atoms with Gasteiger partial charge in [-0.25, -0.2) is 0 Å². The third-order valence-electron chi connectivity index (χ3n) is 2.37. The van der Waals surface area contributed by atoms with Gasteiger partial charge >= 0.3 is 0 Å². The fourth-order valence-electron chi connectivity index (χ4n) is 1.43. The molecule has 2 aromatic rings. The van der Waals surface area contributed by atoms with Crippen LogP contribution in [0.4, 0.5) is 0 Å². The van der Waals surface area contributed by atoms with Crippen LogP contribution in [0, 0.1) is 6.92 Å². The fourth-order valence-corrected chi connectivity index (χ4v) is 2.09. The van der Waals surface area contributed by atoms with Gasteiger partial charge in [0.2, 0.25) is 0 Å². The average molecular weight is 236 g/mol. The number of methoxy groups -OCH3 is 1. The highest BCUT2D eigenvalue weighted by molar-refractivity contribution is 7.05. The van der Waals surface area contributed by atoms with E-state index in [0.717, 1.165) is 21.9 Å². The van der Waals surface area contributed by atoms with E-state index in [-0.39, 0.29) is 0 Å². The van der Waals surface area contributed by atoms with Crippen molar-refractivity contribution in [3.8, 4) is 5.75 Å². The zero-order chi connectivity index (χ0) is 11.5. The Morgan fingerprint density at radius 2 is 2.00 bits per heavy atom. The predicted octanol–water partition coefficient (Wildman–Crippen LogP) is 1.94. The van der Waals surface area contributed by atoms with E-state index in [1.54, 1.807) is 7.11 Å². The van der Waals surface area contributed by atoms with E-state index in [1.807, 2.05) is 31.2 Å². The maximum Gasteiger partial charge on any atom is 0.118 e. The zero-order valence-corrected chi connectivity index (χ0v) is 9.86. The molecule has 0 aliphatic carbocycles. The van der Waals surface area contributed by atoms with Gasteiger partial charge in [0.25, 0.3) is 0 Å². The number of rotatable bonds is 3. The molecule has 5 heteroatoms. The lowest BCUT2D eigenvalue weighted by molar-refractivity contribution is 0.223. The minimum atomic E-state index is -0.661. The number of aromatic nitrogens is 2. The van der Waals surface area contributed by atoms with Crippen molar-refractivity contribution < 1.29 is 9.84 Å². The fraction of sp³-hybridized carbons (Fsp3) is 0.273. The number of nitrogens with zero attached hydrogens (tertiary/aromatic N) is 2. The van der Waals surface area contributed by atoms with Gasteiger partial charge in [-0.05, 0) is 36.2 Å². The van der Waals surface area contributed by atoms with E-state index < -0.39 is 6.10 Å². The zero-order valence-electron chi connectivity index (χ0n) is 9.04. The van der Waals surface area contributed by atoms with Crippen LogP contribution in [0.2, 0.25) is 0 Å². The molecular weight excluding hydrogens is 224 g/mol. The molecule has 1 atom stereocenters. The first kappa shape index (κ1) is 11.0. The first-order chi connectivity index (χ1) is 7.72. The Kier molecular flexibility index (Phi) is 3.17. The summed E-state index contributed by atoms with van der Waals surface area (Å²) in [4.78, 5) is 0.783. The van der Waals surface area contributed by atoms with Crippen molar-refractivity contribution in [2.45, 2.75) is 13.0 Å². The lowest BCUT2D eigenvalue weighted by Crippen LogP contribution is -1.99. The SMILES string of the molecule is COc1ccc(C(O)c2snnc2C)cc1. The highest BCUT2D eigenvalue weighted by Gasteiger charge is 2.16. The van der Waals surface area contributed by atoms with Crippen molar-refractivity contribution in [1.82, 2.24) is 9.59 Å². The summed E-state index contributed by atoms with van der Waals surface area (Å²) in [6, 6.07) is 7.32. The van der Waals surface area contributed by atoms with E-state index >= 15 is 0 Å². The largest absolute Gasteiger partial charge is 0.497 e. The summed E-state index contributed by atoms with van der Waals surface area (Å²) in [6.07, 6.45) is -0.661. The number of aryl methyl sites for hydroxylation is 1. The molecule has 0 aliphatic rings. The normalized spacial score (nSPS) is 12.4. The minimum absolute atomic E-state index is 0.661. The van der Waals surface area contributed by atoms with Gasteiger partial charge in [-0.3, -0.25) is 0 Å². The highest BCUT2D eigenvalue weighted by atomic mass is 32.1. The van der Waals surface area contributed by atoms with Crippen LogP contribution in [-0.4, -0.2) is 21.8 Å². The maximum atomic E-state index is 10.1. The Morgan fingerprint density at radius 1 is 1.31 bits per heavy atom. The lowest BCUT2D eigenvalue weighted by Gasteiger charge is -2.09. The Bertz CT molecular complexity index is 467. The van der Waals surface area contributed by atoms with Gasteiger partial charge in [0.15, 0.2) is 0 Å². The molecule has 84 valence electrons. The van der Waals surface area contributed by atoms with Gasteiger partial charge in [0, 0.05) is 0 Å². The number of benzene rings is 1. The first-order valence-corrected chi connectivity index (χ1v) is 5.60. The number of hydrogen-bond acceptors (Lipinski definition) is 5. The Balaban J connectivity index is 2.27. The molecule has 0 aliphatic heterocycles. The summed E-state index contributed by atoms with van der Waals surface area (Å²) in [5.41, 5.74) is 1.59. The van der Waals surface area contributed by atoms with E-state index in [1.165, 1.54) is 11.5 Å². The summed E-state index contributed by atoms with van der Waals surface area (Å²) in [6.45, 7) is 1.84. The van der Waals surface area contributed by atoms with E-state index in [0.29, 0.717) is 0 Å². The molecule has 16 heavy (non-hydrogen) atoms. The lowest BCUT2D eigenvalue weighted by atomic mass is 10.1. The molecule has 1 unspecified atom stereocenters. The molecule has 0 radical (unpaired) electrons. The second-order valence-electron chi connectivity index (χ2n) is 3.40. The second kappa shape index (κ2) is 4.59. The van der Waals surface area contributed by atoms with Crippen molar-refractivity contribution in [1.29, 1.82) is 0 Å². The van der Waals surface area contributed by atoms with Crippen molar-refractivity contribution in [3.63, 3.8) is 0 Å². The molecule has 0 amide bonds. The first-order valence-electron chi connectivity index (χ1n) is 4.83. The van der Waals surface area contributed by atoms with Gasteiger partial charge in [-0.1, -0.05) is 16.6 Å². The summed E-state index contributed by atoms with van der Waals surface area (Å²) < 4.78 is 8.87. The van der Waals surface area contributed by atoms with Crippen molar-refractivity contribution in [3.05, 3.63) is 40.4 Å². The van der Waals surface area contributed by atoms with Crippen LogP contribution >= 0.6 is 11.5 Å². The molecule has 2 rings (SSSR count). The summed E-state index contributed by atoms with van der Waals surface area (Å²) in [7, 11) is 1.61. The van der Waals surface area contributed by atoms with Gasteiger partial charge in [0.1, 0.15) is 11.9 Å². The summed E-state index contributed by atoms with van der Waals surface area (Å²) in [5.74, 6) is 0.773. The predicted molar refractivity (Wildman–Crippen MR) is 61.7 cm³/mol. The van der Waals surface area contributed by atoms with Gasteiger partial charge in [-0.15, -0.1) is 5.10 Å². The Hall–Kier alpha value is -1.46. The van der Waals surface area contributed by atoms with Crippen LogP contribution in [0.15, 0.2) is 24.3 Å². The van der Waals surface area contributed by atoms with Crippen LogP contribution in [0.3, 0.4) is 0 Å². The van der Waals surface area contributed by atoms with Crippen LogP contribution in [-0.2, 0) is 0 Å². The number of aliphatic hydroxyl groups excluding tert-OH is 1. The van der Waals surface area contributed by atoms with Crippen LogP contribution in [0.5, 0.6) is 5.75 Å². The number of ether oxygens (including phenoxy) is 1. The average Bonchev–Trinajstić information content (AvgIpc) is 2.75. The van der Waals surface area contributed by atoms with Gasteiger partial charge in [-0.2, -0.15) is 0 Å². The molecule has 1 aromatic heterocycles. The topological polar surface area (TPSA) is 55.2 Å². The van der Waals surface area contributed by atoms with E-state index in [4.69, 9.17) is 4.74 Å². The third kappa shape index (κ3) is 2.05. The summed E-state index contributed by atoms with van der Waals surface area (Å²) in [5, 5.41) is 14.0. The Morgan fingerprint density at radius 3 is 2.50 bits per heavy atom. The van der Waals surface area contributed by atoms with Crippen LogP contribution in [0.25, 0.3) is 0 Å². The molecular formula is C11H12N2O2S. The maximum absolute atomic E-state index is 10.1. The number of hydrogen-bond donors (Lipinski definition) is 1.